The summed E-state index contributed by atoms with van der Waals surface area (Å²) >= 11 is 0. The molecule has 0 unspecified atom stereocenters. The highest BCUT2D eigenvalue weighted by Crippen LogP contribution is 2.40. The van der Waals surface area contributed by atoms with Crippen LogP contribution in [0.5, 0.6) is 0 Å². The Hall–Kier alpha value is -1.56. The van der Waals surface area contributed by atoms with Gasteiger partial charge in [-0.25, -0.2) is 0 Å². The fraction of sp³-hybridized carbons (Fsp3) is 0.600. The molecule has 1 aliphatic carbocycles. The van der Waals surface area contributed by atoms with Gasteiger partial charge in [-0.3, -0.25) is 0 Å². The Labute approximate surface area is 186 Å². The van der Waals surface area contributed by atoms with Crippen LogP contribution in [0.15, 0.2) is 48.5 Å². The smallest absolute Gasteiger partial charge is 0.0117 e. The van der Waals surface area contributed by atoms with Gasteiger partial charge in [0.2, 0.25) is 0 Å². The zero-order chi connectivity index (χ0) is 20.9. The highest BCUT2D eigenvalue weighted by molar-refractivity contribution is 5.72. The maximum atomic E-state index is 2.43. The lowest BCUT2D eigenvalue weighted by molar-refractivity contribution is 0.444. The molecule has 0 amide bonds. The van der Waals surface area contributed by atoms with Crippen molar-refractivity contribution in [2.24, 2.45) is 0 Å². The van der Waals surface area contributed by atoms with E-state index >= 15 is 0 Å². The standard InChI is InChI=1S/C30H44/c1-2-3-4-5-6-7-8-9-10-13-21-28-24-18-25-29(26-19-14-11-15-20-26)30(28)27-22-16-12-17-23-27/h12,16-18,22-26H,2-11,13-15,19-21H2,1H3. The van der Waals surface area contributed by atoms with Crippen molar-refractivity contribution in [3.8, 4) is 11.1 Å². The van der Waals surface area contributed by atoms with Gasteiger partial charge < -0.3 is 0 Å². The molecule has 1 aliphatic rings. The van der Waals surface area contributed by atoms with Crippen LogP contribution < -0.4 is 0 Å². The fourth-order valence-electron chi connectivity index (χ4n) is 5.34. The number of unbranched alkanes of at least 4 members (excludes halogenated alkanes) is 9. The maximum Gasteiger partial charge on any atom is -0.0117 e. The number of hydrogen-bond donors (Lipinski definition) is 0. The van der Waals surface area contributed by atoms with E-state index in [-0.39, 0.29) is 0 Å². The Morgan fingerprint density at radius 2 is 1.27 bits per heavy atom. The van der Waals surface area contributed by atoms with Crippen molar-refractivity contribution >= 4 is 0 Å². The predicted molar refractivity (Wildman–Crippen MR) is 133 cm³/mol. The van der Waals surface area contributed by atoms with Crippen LogP contribution in [0.4, 0.5) is 0 Å². The summed E-state index contributed by atoms with van der Waals surface area (Å²) in [6.07, 6.45) is 22.3. The van der Waals surface area contributed by atoms with Crippen molar-refractivity contribution in [1.82, 2.24) is 0 Å². The summed E-state index contributed by atoms with van der Waals surface area (Å²) in [7, 11) is 0. The summed E-state index contributed by atoms with van der Waals surface area (Å²) < 4.78 is 0. The highest BCUT2D eigenvalue weighted by Gasteiger charge is 2.20. The Balaban J connectivity index is 1.55. The molecule has 164 valence electrons. The van der Waals surface area contributed by atoms with Gasteiger partial charge in [-0.2, -0.15) is 0 Å². The van der Waals surface area contributed by atoms with E-state index in [0.717, 1.165) is 5.92 Å². The SMILES string of the molecule is CCCCCCCCCCCCc1cccc(C2CCCCC2)c1-c1ccccc1. The van der Waals surface area contributed by atoms with Gasteiger partial charge in [-0.1, -0.05) is 133 Å². The molecule has 1 saturated carbocycles. The van der Waals surface area contributed by atoms with Crippen molar-refractivity contribution < 1.29 is 0 Å². The van der Waals surface area contributed by atoms with Gasteiger partial charge in [0.05, 0.1) is 0 Å². The van der Waals surface area contributed by atoms with Gasteiger partial charge in [0.25, 0.3) is 0 Å². The molecule has 0 heteroatoms. The molecule has 0 bridgehead atoms. The van der Waals surface area contributed by atoms with E-state index in [1.165, 1.54) is 108 Å². The van der Waals surface area contributed by atoms with Gasteiger partial charge >= 0.3 is 0 Å². The van der Waals surface area contributed by atoms with Gasteiger partial charge in [-0.05, 0) is 53.9 Å². The average molecular weight is 405 g/mol. The lowest BCUT2D eigenvalue weighted by Crippen LogP contribution is -2.07. The van der Waals surface area contributed by atoms with E-state index < -0.39 is 0 Å². The van der Waals surface area contributed by atoms with Crippen LogP contribution in [0, 0.1) is 0 Å². The molecule has 0 saturated heterocycles. The van der Waals surface area contributed by atoms with Crippen LogP contribution in [0.1, 0.15) is 120 Å². The average Bonchev–Trinajstić information content (AvgIpc) is 2.81. The minimum atomic E-state index is 0.765. The molecule has 0 heterocycles. The lowest BCUT2D eigenvalue weighted by Gasteiger charge is -2.26. The lowest BCUT2D eigenvalue weighted by atomic mass is 9.79. The second kappa shape index (κ2) is 13.7. The number of benzene rings is 2. The maximum absolute atomic E-state index is 2.43. The van der Waals surface area contributed by atoms with Gasteiger partial charge in [-0.15, -0.1) is 0 Å². The van der Waals surface area contributed by atoms with E-state index in [1.54, 1.807) is 16.7 Å². The van der Waals surface area contributed by atoms with Crippen molar-refractivity contribution in [3.63, 3.8) is 0 Å². The first-order valence-electron chi connectivity index (χ1n) is 13.1. The predicted octanol–water partition coefficient (Wildman–Crippen LogP) is 9.86. The molecule has 0 radical (unpaired) electrons. The summed E-state index contributed by atoms with van der Waals surface area (Å²) in [6, 6.07) is 18.4. The minimum Gasteiger partial charge on any atom is -0.0654 e. The molecular formula is C30H44. The molecule has 0 atom stereocenters. The summed E-state index contributed by atoms with van der Waals surface area (Å²) in [5, 5.41) is 0. The van der Waals surface area contributed by atoms with Gasteiger partial charge in [0.15, 0.2) is 0 Å². The van der Waals surface area contributed by atoms with Crippen LogP contribution >= 0.6 is 0 Å². The van der Waals surface area contributed by atoms with Crippen LogP contribution in [-0.4, -0.2) is 0 Å². The molecule has 0 nitrogen and oxygen atoms in total. The number of rotatable bonds is 13. The third kappa shape index (κ3) is 7.29. The topological polar surface area (TPSA) is 0 Å². The quantitative estimate of drug-likeness (QED) is 0.291. The first-order chi connectivity index (χ1) is 14.9. The van der Waals surface area contributed by atoms with Gasteiger partial charge in [0, 0.05) is 0 Å². The summed E-state index contributed by atoms with van der Waals surface area (Å²) in [4.78, 5) is 0. The molecule has 2 aromatic rings. The monoisotopic (exact) mass is 404 g/mol. The Morgan fingerprint density at radius 3 is 1.93 bits per heavy atom. The molecular weight excluding hydrogens is 360 g/mol. The normalized spacial score (nSPS) is 14.8. The van der Waals surface area contributed by atoms with Crippen LogP contribution in [0.25, 0.3) is 11.1 Å². The zero-order valence-corrected chi connectivity index (χ0v) is 19.5. The Kier molecular flexibility index (Phi) is 10.5. The molecule has 30 heavy (non-hydrogen) atoms. The van der Waals surface area contributed by atoms with Crippen molar-refractivity contribution in [2.75, 3.05) is 0 Å². The molecule has 0 N–H and O–H groups in total. The molecule has 1 fully saturated rings. The van der Waals surface area contributed by atoms with E-state index in [0.29, 0.717) is 0 Å². The minimum absolute atomic E-state index is 0.765. The molecule has 0 spiro atoms. The largest absolute Gasteiger partial charge is 0.0654 e. The third-order valence-electron chi connectivity index (χ3n) is 7.09. The van der Waals surface area contributed by atoms with Crippen LogP contribution in [0.2, 0.25) is 0 Å². The highest BCUT2D eigenvalue weighted by atomic mass is 14.2. The van der Waals surface area contributed by atoms with Crippen LogP contribution in [0.3, 0.4) is 0 Å². The zero-order valence-electron chi connectivity index (χ0n) is 19.5. The van der Waals surface area contributed by atoms with E-state index in [2.05, 4.69) is 55.5 Å². The van der Waals surface area contributed by atoms with Crippen LogP contribution in [-0.2, 0) is 6.42 Å². The van der Waals surface area contributed by atoms with Crippen molar-refractivity contribution in [3.05, 3.63) is 59.7 Å². The molecule has 2 aromatic carbocycles. The first-order valence-corrected chi connectivity index (χ1v) is 13.1. The summed E-state index contributed by atoms with van der Waals surface area (Å²) in [5.41, 5.74) is 6.22. The first kappa shape index (κ1) is 23.1. The number of aryl methyl sites for hydroxylation is 1. The third-order valence-corrected chi connectivity index (χ3v) is 7.09. The second-order valence-electron chi connectivity index (χ2n) is 9.51. The van der Waals surface area contributed by atoms with Crippen molar-refractivity contribution in [2.45, 2.75) is 116 Å². The molecule has 3 rings (SSSR count). The Morgan fingerprint density at radius 1 is 0.633 bits per heavy atom. The molecule has 0 aliphatic heterocycles. The van der Waals surface area contributed by atoms with E-state index in [4.69, 9.17) is 0 Å². The molecule has 0 aromatic heterocycles. The summed E-state index contributed by atoms with van der Waals surface area (Å²) in [6.45, 7) is 2.30. The fourth-order valence-corrected chi connectivity index (χ4v) is 5.34. The van der Waals surface area contributed by atoms with Gasteiger partial charge in [0.1, 0.15) is 0 Å². The summed E-state index contributed by atoms with van der Waals surface area (Å²) in [5.74, 6) is 0.765. The van der Waals surface area contributed by atoms with Crippen molar-refractivity contribution in [1.29, 1.82) is 0 Å². The van der Waals surface area contributed by atoms with E-state index in [9.17, 15) is 0 Å². The number of hydrogen-bond acceptors (Lipinski definition) is 0. The second-order valence-corrected chi connectivity index (χ2v) is 9.51. The Bertz CT molecular complexity index is 693. The van der Waals surface area contributed by atoms with E-state index in [1.807, 2.05) is 0 Å².